The molecule has 0 aromatic carbocycles. The second-order valence-electron chi connectivity index (χ2n) is 6.59. The number of rotatable bonds is 1. The van der Waals surface area contributed by atoms with Gasteiger partial charge in [-0.1, -0.05) is 0 Å². The Balaban J connectivity index is 1.86. The Hall–Kier alpha value is -4.13. The molecule has 7 heteroatoms. The van der Waals surface area contributed by atoms with E-state index < -0.39 is 0 Å². The van der Waals surface area contributed by atoms with E-state index in [9.17, 15) is 0 Å². The highest BCUT2D eigenvalue weighted by Crippen LogP contribution is 2.24. The van der Waals surface area contributed by atoms with Crippen LogP contribution in [0.2, 0.25) is 0 Å². The summed E-state index contributed by atoms with van der Waals surface area (Å²) in [5, 5.41) is 10.6. The van der Waals surface area contributed by atoms with Gasteiger partial charge in [-0.05, 0) is 66.8 Å². The van der Waals surface area contributed by atoms with E-state index in [4.69, 9.17) is 11.1 Å². The Morgan fingerprint density at radius 2 is 1.36 bits per heavy atom. The lowest BCUT2D eigenvalue weighted by atomic mass is 10.3. The number of hydrogen-bond donors (Lipinski definition) is 5. The fourth-order valence-corrected chi connectivity index (χ4v) is 3.27. The average Bonchev–Trinajstić information content (AvgIpc) is 3.43. The fraction of sp³-hybridized carbons (Fsp3) is 0. The van der Waals surface area contributed by atoms with Gasteiger partial charge in [-0.25, -0.2) is 9.97 Å². The number of hydrogen-bond acceptors (Lipinski definition) is 3. The van der Waals surface area contributed by atoms with Crippen LogP contribution < -0.4 is 11.1 Å². The summed E-state index contributed by atoms with van der Waals surface area (Å²) in [4.78, 5) is 16.0. The average molecular weight is 367 g/mol. The molecule has 0 saturated heterocycles. The van der Waals surface area contributed by atoms with Crippen molar-refractivity contribution in [2.45, 2.75) is 0 Å². The van der Waals surface area contributed by atoms with E-state index >= 15 is 0 Å². The first-order valence-corrected chi connectivity index (χ1v) is 8.81. The third-order valence-corrected chi connectivity index (χ3v) is 4.48. The van der Waals surface area contributed by atoms with E-state index in [0.717, 1.165) is 39.1 Å². The summed E-state index contributed by atoms with van der Waals surface area (Å²) in [6.45, 7) is 0. The van der Waals surface area contributed by atoms with Crippen molar-refractivity contribution in [2.75, 3.05) is 5.32 Å². The van der Waals surface area contributed by atoms with Crippen molar-refractivity contribution in [3.63, 3.8) is 0 Å². The molecule has 6 N–H and O–H groups in total. The lowest BCUT2D eigenvalue weighted by Crippen LogP contribution is -2.21. The first-order valence-electron chi connectivity index (χ1n) is 8.81. The van der Waals surface area contributed by atoms with Gasteiger partial charge in [-0.2, -0.15) is 0 Å². The zero-order valence-electron chi connectivity index (χ0n) is 14.8. The highest BCUT2D eigenvalue weighted by Gasteiger charge is 2.09. The standard InChI is InChI=1S/C21H17N7/c22-21(23)28-20-18-7-5-16(26-18)10-14-3-1-12(24-14)9-13-2-4-15(25-13)11-17-6-8-19(20)27-17/h1-11,24,27H,(H4,22,23,28). The SMILES string of the molecule is N=C(N)Nc1c2nc(cc3ccc(cc4nc(cc5ccc1[nH]5)C=C4)[nH]3)C=C2. The van der Waals surface area contributed by atoms with Crippen LogP contribution in [0.1, 0.15) is 22.8 Å². The molecule has 0 fully saturated rings. The van der Waals surface area contributed by atoms with Crippen molar-refractivity contribution in [1.29, 1.82) is 5.41 Å². The van der Waals surface area contributed by atoms with Gasteiger partial charge in [0.15, 0.2) is 5.96 Å². The number of H-pyrrole nitrogens is 2. The normalized spacial score (nSPS) is 12.3. The summed E-state index contributed by atoms with van der Waals surface area (Å²) < 4.78 is 0. The van der Waals surface area contributed by atoms with Crippen LogP contribution in [0, 0.1) is 5.41 Å². The van der Waals surface area contributed by atoms with Gasteiger partial charge in [0.2, 0.25) is 0 Å². The minimum Gasteiger partial charge on any atom is -0.370 e. The van der Waals surface area contributed by atoms with Gasteiger partial charge in [0, 0.05) is 16.6 Å². The molecule has 28 heavy (non-hydrogen) atoms. The molecule has 0 unspecified atom stereocenters. The first kappa shape index (κ1) is 16.1. The van der Waals surface area contributed by atoms with E-state index in [2.05, 4.69) is 25.3 Å². The molecule has 0 saturated carbocycles. The van der Waals surface area contributed by atoms with Crippen molar-refractivity contribution in [3.8, 4) is 0 Å². The topological polar surface area (TPSA) is 119 Å². The number of guanidine groups is 1. The van der Waals surface area contributed by atoms with Crippen molar-refractivity contribution in [2.24, 2.45) is 5.73 Å². The van der Waals surface area contributed by atoms with Crippen LogP contribution >= 0.6 is 0 Å². The van der Waals surface area contributed by atoms with Gasteiger partial charge < -0.3 is 21.0 Å². The Kier molecular flexibility index (Phi) is 3.58. The molecule has 5 heterocycles. The zero-order chi connectivity index (χ0) is 19.1. The molecule has 2 aliphatic rings. The molecule has 3 aromatic heterocycles. The molecule has 2 aliphatic heterocycles. The molecule has 136 valence electrons. The Morgan fingerprint density at radius 1 is 0.786 bits per heavy atom. The van der Waals surface area contributed by atoms with Gasteiger partial charge in [-0.3, -0.25) is 5.41 Å². The molecule has 0 radical (unpaired) electrons. The molecule has 0 atom stereocenters. The van der Waals surface area contributed by atoms with E-state index in [1.54, 1.807) is 0 Å². The molecule has 3 aromatic rings. The highest BCUT2D eigenvalue weighted by atomic mass is 15.1. The van der Waals surface area contributed by atoms with Gasteiger partial charge >= 0.3 is 0 Å². The van der Waals surface area contributed by atoms with Crippen LogP contribution in [0.25, 0.3) is 46.4 Å². The molecule has 8 bridgehead atoms. The van der Waals surface area contributed by atoms with E-state index in [0.29, 0.717) is 11.4 Å². The third kappa shape index (κ3) is 3.05. The Morgan fingerprint density at radius 3 is 2.04 bits per heavy atom. The van der Waals surface area contributed by atoms with Crippen LogP contribution in [-0.4, -0.2) is 25.9 Å². The molecule has 0 spiro atoms. The van der Waals surface area contributed by atoms with Gasteiger partial charge in [0.05, 0.1) is 34.0 Å². The number of aromatic amines is 2. The van der Waals surface area contributed by atoms with Gasteiger partial charge in [-0.15, -0.1) is 0 Å². The summed E-state index contributed by atoms with van der Waals surface area (Å²) in [7, 11) is 0. The second-order valence-corrected chi connectivity index (χ2v) is 6.59. The quantitative estimate of drug-likeness (QED) is 0.227. The molecular weight excluding hydrogens is 350 g/mol. The summed E-state index contributed by atoms with van der Waals surface area (Å²) in [6, 6.07) is 13.8. The minimum atomic E-state index is -0.148. The second kappa shape index (κ2) is 6.24. The monoisotopic (exact) mass is 367 g/mol. The van der Waals surface area contributed by atoms with Crippen LogP contribution in [0.4, 0.5) is 5.69 Å². The number of aromatic nitrogens is 4. The molecular formula is C21H17N7. The van der Waals surface area contributed by atoms with E-state index in [1.165, 1.54) is 0 Å². The summed E-state index contributed by atoms with van der Waals surface area (Å²) >= 11 is 0. The van der Waals surface area contributed by atoms with Crippen LogP contribution in [-0.2, 0) is 0 Å². The van der Waals surface area contributed by atoms with Crippen molar-refractivity contribution >= 4 is 58.0 Å². The fourth-order valence-electron chi connectivity index (χ4n) is 3.27. The maximum Gasteiger partial charge on any atom is 0.190 e. The van der Waals surface area contributed by atoms with Crippen molar-refractivity contribution < 1.29 is 0 Å². The summed E-state index contributed by atoms with van der Waals surface area (Å²) in [5.41, 5.74) is 13.1. The van der Waals surface area contributed by atoms with Crippen LogP contribution in [0.3, 0.4) is 0 Å². The Bertz CT molecular complexity index is 1320. The summed E-state index contributed by atoms with van der Waals surface area (Å²) in [5.74, 6) is -0.148. The predicted molar refractivity (Wildman–Crippen MR) is 114 cm³/mol. The summed E-state index contributed by atoms with van der Waals surface area (Å²) in [6.07, 6.45) is 7.79. The Labute approximate surface area is 160 Å². The number of nitrogens with zero attached hydrogens (tertiary/aromatic N) is 2. The minimum absolute atomic E-state index is 0.148. The van der Waals surface area contributed by atoms with E-state index in [1.807, 2.05) is 66.8 Å². The molecule has 0 amide bonds. The first-order chi connectivity index (χ1) is 13.6. The highest BCUT2D eigenvalue weighted by molar-refractivity contribution is 5.98. The lowest BCUT2D eigenvalue weighted by Gasteiger charge is -2.04. The maximum atomic E-state index is 7.65. The van der Waals surface area contributed by atoms with Crippen molar-refractivity contribution in [3.05, 3.63) is 65.2 Å². The smallest absolute Gasteiger partial charge is 0.190 e. The number of nitrogens with two attached hydrogens (primary N) is 1. The van der Waals surface area contributed by atoms with Gasteiger partial charge in [0.1, 0.15) is 0 Å². The zero-order valence-corrected chi connectivity index (χ0v) is 14.8. The van der Waals surface area contributed by atoms with E-state index in [-0.39, 0.29) is 5.96 Å². The number of fused-ring (bicyclic) bond motifs is 8. The molecule has 5 rings (SSSR count). The molecule has 0 aliphatic carbocycles. The maximum absolute atomic E-state index is 7.65. The molecule has 7 nitrogen and oxygen atoms in total. The predicted octanol–water partition coefficient (Wildman–Crippen LogP) is 3.96. The van der Waals surface area contributed by atoms with Crippen molar-refractivity contribution in [1.82, 2.24) is 19.9 Å². The van der Waals surface area contributed by atoms with Gasteiger partial charge in [0.25, 0.3) is 0 Å². The number of nitrogens with one attached hydrogen (secondary N) is 4. The number of anilines is 1. The third-order valence-electron chi connectivity index (χ3n) is 4.48. The lowest BCUT2D eigenvalue weighted by molar-refractivity contribution is 1.30. The van der Waals surface area contributed by atoms with Crippen LogP contribution in [0.5, 0.6) is 0 Å². The largest absolute Gasteiger partial charge is 0.370 e. The van der Waals surface area contributed by atoms with Crippen LogP contribution in [0.15, 0.2) is 42.5 Å².